The summed E-state index contributed by atoms with van der Waals surface area (Å²) in [7, 11) is -1.57. The van der Waals surface area contributed by atoms with Gasteiger partial charge in [-0.2, -0.15) is 0 Å². The summed E-state index contributed by atoms with van der Waals surface area (Å²) in [6, 6.07) is 1.97. The maximum atomic E-state index is 10.4. The summed E-state index contributed by atoms with van der Waals surface area (Å²) in [6.45, 7) is 0. The molecule has 1 aromatic rings. The lowest BCUT2D eigenvalue weighted by Gasteiger charge is -2.06. The van der Waals surface area contributed by atoms with E-state index in [0.717, 1.165) is 0 Å². The fourth-order valence-electron chi connectivity index (χ4n) is 1.02. The van der Waals surface area contributed by atoms with Crippen molar-refractivity contribution < 1.29 is 19.9 Å². The van der Waals surface area contributed by atoms with E-state index in [-0.39, 0.29) is 24.3 Å². The second-order valence-corrected chi connectivity index (χ2v) is 3.11. The third kappa shape index (κ3) is 4.15. The molecule has 16 heavy (non-hydrogen) atoms. The van der Waals surface area contributed by atoms with Gasteiger partial charge in [0.1, 0.15) is 6.04 Å². The predicted octanol–water partition coefficient (Wildman–Crippen LogP) is -1.86. The molecule has 0 saturated carbocycles. The van der Waals surface area contributed by atoms with Gasteiger partial charge in [0.25, 0.3) is 0 Å². The minimum Gasteiger partial charge on any atom is -0.480 e. The molecule has 1 rings (SSSR count). The lowest BCUT2D eigenvalue weighted by molar-refractivity contribution is -0.138. The van der Waals surface area contributed by atoms with Crippen LogP contribution >= 0.6 is 12.4 Å². The van der Waals surface area contributed by atoms with E-state index in [1.54, 1.807) is 0 Å². The maximum absolute atomic E-state index is 10.4. The van der Waals surface area contributed by atoms with Crippen LogP contribution in [0.25, 0.3) is 0 Å². The van der Waals surface area contributed by atoms with Crippen molar-refractivity contribution in [2.24, 2.45) is 5.73 Å². The van der Waals surface area contributed by atoms with Gasteiger partial charge in [0.05, 0.1) is 0 Å². The van der Waals surface area contributed by atoms with Crippen LogP contribution in [0.15, 0.2) is 18.3 Å². The molecule has 0 saturated heterocycles. The molecule has 0 spiro atoms. The SMILES string of the molecule is Cl.N[C@@H](Cc1ccc(B(O)O)cn1)C(=O)O. The number of carboxylic acids is 1. The maximum Gasteiger partial charge on any atom is 0.490 e. The Morgan fingerprint density at radius 2 is 2.12 bits per heavy atom. The van der Waals surface area contributed by atoms with Gasteiger partial charge in [0.2, 0.25) is 0 Å². The fourth-order valence-corrected chi connectivity index (χ4v) is 1.02. The van der Waals surface area contributed by atoms with E-state index in [1.807, 2.05) is 0 Å². The topological polar surface area (TPSA) is 117 Å². The van der Waals surface area contributed by atoms with E-state index in [4.69, 9.17) is 20.9 Å². The molecular weight excluding hydrogens is 234 g/mol. The molecule has 0 aliphatic rings. The number of halogens is 1. The first-order valence-electron chi connectivity index (χ1n) is 4.30. The summed E-state index contributed by atoms with van der Waals surface area (Å²) < 4.78 is 0. The van der Waals surface area contributed by atoms with Crippen molar-refractivity contribution in [1.29, 1.82) is 0 Å². The van der Waals surface area contributed by atoms with Crippen LogP contribution in [0.5, 0.6) is 0 Å². The van der Waals surface area contributed by atoms with Gasteiger partial charge in [0.15, 0.2) is 0 Å². The molecule has 0 aliphatic heterocycles. The van der Waals surface area contributed by atoms with Crippen LogP contribution in [-0.4, -0.2) is 39.3 Å². The van der Waals surface area contributed by atoms with Crippen LogP contribution < -0.4 is 11.2 Å². The van der Waals surface area contributed by atoms with Crippen molar-refractivity contribution in [2.75, 3.05) is 0 Å². The molecule has 0 aliphatic carbocycles. The molecule has 8 heteroatoms. The van der Waals surface area contributed by atoms with E-state index in [0.29, 0.717) is 5.69 Å². The Morgan fingerprint density at radius 3 is 2.50 bits per heavy atom. The third-order valence-electron chi connectivity index (χ3n) is 1.89. The zero-order valence-corrected chi connectivity index (χ0v) is 9.09. The highest BCUT2D eigenvalue weighted by molar-refractivity contribution is 6.58. The summed E-state index contributed by atoms with van der Waals surface area (Å²) in [4.78, 5) is 14.3. The van der Waals surface area contributed by atoms with Crippen LogP contribution in [0.1, 0.15) is 5.69 Å². The highest BCUT2D eigenvalue weighted by Gasteiger charge is 2.14. The first-order valence-corrected chi connectivity index (χ1v) is 4.30. The Morgan fingerprint density at radius 1 is 1.50 bits per heavy atom. The summed E-state index contributed by atoms with van der Waals surface area (Å²) >= 11 is 0. The van der Waals surface area contributed by atoms with Gasteiger partial charge in [-0.3, -0.25) is 9.78 Å². The zero-order chi connectivity index (χ0) is 11.4. The first-order chi connectivity index (χ1) is 7.00. The minimum atomic E-state index is -1.57. The van der Waals surface area contributed by atoms with Crippen molar-refractivity contribution in [2.45, 2.75) is 12.5 Å². The summed E-state index contributed by atoms with van der Waals surface area (Å²) in [5.74, 6) is -1.09. The summed E-state index contributed by atoms with van der Waals surface area (Å²) in [6.07, 6.45) is 1.38. The number of aromatic nitrogens is 1. The lowest BCUT2D eigenvalue weighted by atomic mass is 9.81. The van der Waals surface area contributed by atoms with E-state index >= 15 is 0 Å². The van der Waals surface area contributed by atoms with Gasteiger partial charge in [-0.25, -0.2) is 0 Å². The van der Waals surface area contributed by atoms with Crippen LogP contribution in [0.2, 0.25) is 0 Å². The number of hydrogen-bond donors (Lipinski definition) is 4. The van der Waals surface area contributed by atoms with Crippen molar-refractivity contribution in [3.8, 4) is 0 Å². The molecule has 0 aromatic carbocycles. The van der Waals surface area contributed by atoms with E-state index in [2.05, 4.69) is 4.98 Å². The molecule has 0 fully saturated rings. The zero-order valence-electron chi connectivity index (χ0n) is 8.28. The van der Waals surface area contributed by atoms with Gasteiger partial charge in [-0.05, 0) is 6.07 Å². The molecule has 0 radical (unpaired) electrons. The Hall–Kier alpha value is -1.15. The van der Waals surface area contributed by atoms with Crippen molar-refractivity contribution in [3.63, 3.8) is 0 Å². The smallest absolute Gasteiger partial charge is 0.480 e. The number of pyridine rings is 1. The molecule has 5 N–H and O–H groups in total. The summed E-state index contributed by atoms with van der Waals surface area (Å²) in [5, 5.41) is 26.1. The van der Waals surface area contributed by atoms with Crippen molar-refractivity contribution in [3.05, 3.63) is 24.0 Å². The third-order valence-corrected chi connectivity index (χ3v) is 1.89. The molecular formula is C8H12BClN2O4. The number of carbonyl (C=O) groups is 1. The minimum absolute atomic E-state index is 0. The summed E-state index contributed by atoms with van der Waals surface area (Å²) in [5.41, 5.74) is 6.06. The van der Waals surface area contributed by atoms with Crippen LogP contribution in [0.4, 0.5) is 0 Å². The largest absolute Gasteiger partial charge is 0.490 e. The van der Waals surface area contributed by atoms with Crippen LogP contribution in [0.3, 0.4) is 0 Å². The number of aliphatic carboxylic acids is 1. The quantitative estimate of drug-likeness (QED) is 0.463. The van der Waals surface area contributed by atoms with Crippen molar-refractivity contribution in [1.82, 2.24) is 4.98 Å². The van der Waals surface area contributed by atoms with Crippen LogP contribution in [-0.2, 0) is 11.2 Å². The van der Waals surface area contributed by atoms with Gasteiger partial charge in [-0.15, -0.1) is 12.4 Å². The lowest BCUT2D eigenvalue weighted by Crippen LogP contribution is -2.33. The van der Waals surface area contributed by atoms with Gasteiger partial charge >= 0.3 is 13.1 Å². The average Bonchev–Trinajstić information content (AvgIpc) is 2.18. The van der Waals surface area contributed by atoms with Crippen LogP contribution in [0, 0.1) is 0 Å². The Balaban J connectivity index is 0.00000225. The fraction of sp³-hybridized carbons (Fsp3) is 0.250. The molecule has 0 unspecified atom stereocenters. The highest BCUT2D eigenvalue weighted by atomic mass is 35.5. The molecule has 1 atom stereocenters. The van der Waals surface area contributed by atoms with Gasteiger partial charge in [-0.1, -0.05) is 6.07 Å². The molecule has 0 amide bonds. The number of rotatable bonds is 4. The van der Waals surface area contributed by atoms with Gasteiger partial charge in [0, 0.05) is 23.8 Å². The normalized spacial score (nSPS) is 11.4. The molecule has 1 heterocycles. The Kier molecular flexibility index (Phi) is 5.98. The Bertz CT molecular complexity index is 346. The molecule has 6 nitrogen and oxygen atoms in total. The van der Waals surface area contributed by atoms with Crippen molar-refractivity contribution >= 4 is 31.0 Å². The van der Waals surface area contributed by atoms with E-state index < -0.39 is 19.1 Å². The second-order valence-electron chi connectivity index (χ2n) is 3.11. The first kappa shape index (κ1) is 14.9. The number of hydrogen-bond acceptors (Lipinski definition) is 5. The monoisotopic (exact) mass is 246 g/mol. The predicted molar refractivity (Wildman–Crippen MR) is 60.6 cm³/mol. The molecule has 88 valence electrons. The van der Waals surface area contributed by atoms with Gasteiger partial charge < -0.3 is 20.9 Å². The number of nitrogens with zero attached hydrogens (tertiary/aromatic N) is 1. The Labute approximate surface area is 98.7 Å². The number of carboxylic acid groups (broad SMARTS) is 1. The van der Waals surface area contributed by atoms with E-state index in [1.165, 1.54) is 18.3 Å². The average molecular weight is 246 g/mol. The van der Waals surface area contributed by atoms with E-state index in [9.17, 15) is 4.79 Å². The molecule has 0 bridgehead atoms. The standard InChI is InChI=1S/C8H11BN2O4.ClH/c10-7(8(12)13)3-6-2-1-5(4-11-6)9(14)15;/h1-2,4,7,14-15H,3,10H2,(H,12,13);1H/t7-;/m0./s1. The molecule has 1 aromatic heterocycles. The highest BCUT2D eigenvalue weighted by Crippen LogP contribution is 1.97. The number of nitrogens with two attached hydrogens (primary N) is 1. The second kappa shape index (κ2) is 6.44.